The minimum absolute atomic E-state index is 0.223. The van der Waals surface area contributed by atoms with E-state index in [2.05, 4.69) is 4.98 Å². The Bertz CT molecular complexity index is 272. The molecule has 0 saturated carbocycles. The van der Waals surface area contributed by atoms with Crippen LogP contribution in [0, 0.1) is 0 Å². The summed E-state index contributed by atoms with van der Waals surface area (Å²) in [7, 11) is 1.64. The van der Waals surface area contributed by atoms with Crippen molar-refractivity contribution in [2.24, 2.45) is 0 Å². The van der Waals surface area contributed by atoms with E-state index < -0.39 is 0 Å². The van der Waals surface area contributed by atoms with Crippen LogP contribution in [-0.4, -0.2) is 24.5 Å². The SMILES string of the molecule is COCCCC(=O)Cc1ccccn1. The molecule has 0 spiro atoms. The topological polar surface area (TPSA) is 39.2 Å². The van der Waals surface area contributed by atoms with Gasteiger partial charge in [0.25, 0.3) is 0 Å². The third kappa shape index (κ3) is 4.14. The van der Waals surface area contributed by atoms with E-state index in [1.165, 1.54) is 0 Å². The molecular weight excluding hydrogens is 178 g/mol. The lowest BCUT2D eigenvalue weighted by molar-refractivity contribution is -0.118. The van der Waals surface area contributed by atoms with Crippen molar-refractivity contribution < 1.29 is 9.53 Å². The molecule has 0 saturated heterocycles. The van der Waals surface area contributed by atoms with Crippen molar-refractivity contribution in [2.45, 2.75) is 19.3 Å². The van der Waals surface area contributed by atoms with Crippen molar-refractivity contribution in [3.05, 3.63) is 30.1 Å². The summed E-state index contributed by atoms with van der Waals surface area (Å²) >= 11 is 0. The molecule has 1 aromatic rings. The van der Waals surface area contributed by atoms with Gasteiger partial charge < -0.3 is 4.74 Å². The van der Waals surface area contributed by atoms with Gasteiger partial charge in [-0.3, -0.25) is 9.78 Å². The zero-order chi connectivity index (χ0) is 10.2. The maximum absolute atomic E-state index is 11.4. The first-order chi connectivity index (χ1) is 6.83. The first-order valence-electron chi connectivity index (χ1n) is 4.73. The predicted molar refractivity (Wildman–Crippen MR) is 54.1 cm³/mol. The van der Waals surface area contributed by atoms with Gasteiger partial charge in [0.05, 0.1) is 0 Å². The summed E-state index contributed by atoms with van der Waals surface area (Å²) in [6, 6.07) is 5.61. The van der Waals surface area contributed by atoms with E-state index in [0.29, 0.717) is 19.4 Å². The molecule has 1 rings (SSSR count). The molecular formula is C11H15NO2. The molecule has 0 atom stereocenters. The van der Waals surface area contributed by atoms with Crippen LogP contribution in [0.15, 0.2) is 24.4 Å². The Kier molecular flexibility index (Phi) is 4.86. The van der Waals surface area contributed by atoms with Gasteiger partial charge in [-0.25, -0.2) is 0 Å². The van der Waals surface area contributed by atoms with Crippen LogP contribution in [0.5, 0.6) is 0 Å². The maximum Gasteiger partial charge on any atom is 0.138 e. The number of hydrogen-bond acceptors (Lipinski definition) is 3. The molecule has 14 heavy (non-hydrogen) atoms. The van der Waals surface area contributed by atoms with Gasteiger partial charge >= 0.3 is 0 Å². The van der Waals surface area contributed by atoms with Crippen molar-refractivity contribution in [3.8, 4) is 0 Å². The third-order valence-corrected chi connectivity index (χ3v) is 1.91. The first kappa shape index (κ1) is 10.9. The Labute approximate surface area is 84.1 Å². The van der Waals surface area contributed by atoms with E-state index >= 15 is 0 Å². The molecule has 0 radical (unpaired) electrons. The number of aromatic nitrogens is 1. The standard InChI is InChI=1S/C11H15NO2/c1-14-8-4-6-11(13)9-10-5-2-3-7-12-10/h2-3,5,7H,4,6,8-9H2,1H3. The fraction of sp³-hybridized carbons (Fsp3) is 0.455. The molecule has 1 heterocycles. The molecule has 0 fully saturated rings. The smallest absolute Gasteiger partial charge is 0.138 e. The van der Waals surface area contributed by atoms with Crippen LogP contribution in [0.25, 0.3) is 0 Å². The minimum atomic E-state index is 0.223. The number of ketones is 1. The molecule has 3 heteroatoms. The second kappa shape index (κ2) is 6.27. The quantitative estimate of drug-likeness (QED) is 0.644. The minimum Gasteiger partial charge on any atom is -0.385 e. The number of Topliss-reactive ketones (excluding diaryl/α,β-unsaturated/α-hetero) is 1. The van der Waals surface area contributed by atoms with Crippen molar-refractivity contribution in [2.75, 3.05) is 13.7 Å². The second-order valence-corrected chi connectivity index (χ2v) is 3.13. The van der Waals surface area contributed by atoms with Crippen molar-refractivity contribution in [1.29, 1.82) is 0 Å². The lowest BCUT2D eigenvalue weighted by atomic mass is 10.1. The fourth-order valence-corrected chi connectivity index (χ4v) is 1.21. The molecule has 0 aromatic carbocycles. The monoisotopic (exact) mass is 193 g/mol. The molecule has 0 amide bonds. The molecule has 3 nitrogen and oxygen atoms in total. The van der Waals surface area contributed by atoms with Gasteiger partial charge in [0, 0.05) is 38.4 Å². The third-order valence-electron chi connectivity index (χ3n) is 1.91. The van der Waals surface area contributed by atoms with E-state index in [1.54, 1.807) is 13.3 Å². The van der Waals surface area contributed by atoms with Crippen LogP contribution in [-0.2, 0) is 16.0 Å². The first-order valence-corrected chi connectivity index (χ1v) is 4.73. The van der Waals surface area contributed by atoms with Gasteiger partial charge in [0.2, 0.25) is 0 Å². The Morgan fingerprint density at radius 3 is 3.00 bits per heavy atom. The summed E-state index contributed by atoms with van der Waals surface area (Å²) in [6.07, 6.45) is 3.51. The number of hydrogen-bond donors (Lipinski definition) is 0. The largest absolute Gasteiger partial charge is 0.385 e. The summed E-state index contributed by atoms with van der Waals surface area (Å²) in [5, 5.41) is 0. The lowest BCUT2D eigenvalue weighted by Gasteiger charge is -1.99. The molecule has 1 aromatic heterocycles. The highest BCUT2D eigenvalue weighted by Gasteiger charge is 2.03. The van der Waals surface area contributed by atoms with Gasteiger partial charge in [-0.05, 0) is 18.6 Å². The average Bonchev–Trinajstić information content (AvgIpc) is 2.20. The Hall–Kier alpha value is -1.22. The molecule has 76 valence electrons. The average molecular weight is 193 g/mol. The summed E-state index contributed by atoms with van der Waals surface area (Å²) < 4.78 is 4.87. The number of pyridine rings is 1. The summed E-state index contributed by atoms with van der Waals surface area (Å²) in [5.74, 6) is 0.223. The van der Waals surface area contributed by atoms with Gasteiger partial charge in [-0.15, -0.1) is 0 Å². The number of carbonyl (C=O) groups excluding carboxylic acids is 1. The number of ether oxygens (including phenoxy) is 1. The zero-order valence-electron chi connectivity index (χ0n) is 8.40. The van der Waals surface area contributed by atoms with E-state index in [9.17, 15) is 4.79 Å². The Morgan fingerprint density at radius 2 is 2.36 bits per heavy atom. The number of carbonyl (C=O) groups is 1. The van der Waals surface area contributed by atoms with E-state index in [1.807, 2.05) is 18.2 Å². The van der Waals surface area contributed by atoms with Crippen LogP contribution in [0.2, 0.25) is 0 Å². The number of nitrogens with zero attached hydrogens (tertiary/aromatic N) is 1. The van der Waals surface area contributed by atoms with Gasteiger partial charge in [0.1, 0.15) is 5.78 Å². The van der Waals surface area contributed by atoms with Gasteiger partial charge in [0.15, 0.2) is 0 Å². The Balaban J connectivity index is 2.27. The maximum atomic E-state index is 11.4. The van der Waals surface area contributed by atoms with Crippen molar-refractivity contribution in [3.63, 3.8) is 0 Å². The Morgan fingerprint density at radius 1 is 1.50 bits per heavy atom. The highest BCUT2D eigenvalue weighted by atomic mass is 16.5. The number of methoxy groups -OCH3 is 1. The fourth-order valence-electron chi connectivity index (χ4n) is 1.21. The van der Waals surface area contributed by atoms with Gasteiger partial charge in [-0.2, -0.15) is 0 Å². The van der Waals surface area contributed by atoms with E-state index in [0.717, 1.165) is 12.1 Å². The molecule has 0 bridgehead atoms. The van der Waals surface area contributed by atoms with E-state index in [4.69, 9.17) is 4.74 Å². The highest BCUT2D eigenvalue weighted by molar-refractivity contribution is 5.80. The summed E-state index contributed by atoms with van der Waals surface area (Å²) in [5.41, 5.74) is 0.843. The summed E-state index contributed by atoms with van der Waals surface area (Å²) in [6.45, 7) is 0.647. The highest BCUT2D eigenvalue weighted by Crippen LogP contribution is 2.00. The number of rotatable bonds is 6. The van der Waals surface area contributed by atoms with Crippen molar-refractivity contribution >= 4 is 5.78 Å². The van der Waals surface area contributed by atoms with Crippen molar-refractivity contribution in [1.82, 2.24) is 4.98 Å². The van der Waals surface area contributed by atoms with Crippen LogP contribution >= 0.6 is 0 Å². The molecule has 0 aliphatic carbocycles. The lowest BCUT2D eigenvalue weighted by Crippen LogP contribution is -2.05. The van der Waals surface area contributed by atoms with Gasteiger partial charge in [-0.1, -0.05) is 6.07 Å². The zero-order valence-corrected chi connectivity index (χ0v) is 8.40. The molecule has 0 aliphatic heterocycles. The normalized spacial score (nSPS) is 10.1. The van der Waals surface area contributed by atoms with Crippen LogP contribution in [0.4, 0.5) is 0 Å². The van der Waals surface area contributed by atoms with Crippen LogP contribution < -0.4 is 0 Å². The molecule has 0 unspecified atom stereocenters. The van der Waals surface area contributed by atoms with Crippen LogP contribution in [0.3, 0.4) is 0 Å². The second-order valence-electron chi connectivity index (χ2n) is 3.13. The molecule has 0 aliphatic rings. The molecule has 0 N–H and O–H groups in total. The van der Waals surface area contributed by atoms with E-state index in [-0.39, 0.29) is 5.78 Å². The summed E-state index contributed by atoms with van der Waals surface area (Å²) in [4.78, 5) is 15.5. The predicted octanol–water partition coefficient (Wildman–Crippen LogP) is 1.62. The van der Waals surface area contributed by atoms with Crippen LogP contribution in [0.1, 0.15) is 18.5 Å².